The van der Waals surface area contributed by atoms with Crippen molar-refractivity contribution in [1.82, 2.24) is 10.2 Å². The van der Waals surface area contributed by atoms with Crippen molar-refractivity contribution in [3.8, 4) is 0 Å². The quantitative estimate of drug-likeness (QED) is 0.844. The number of nitrogens with zero attached hydrogens (tertiary/aromatic N) is 1. The van der Waals surface area contributed by atoms with Gasteiger partial charge in [-0.15, -0.1) is 0 Å². The van der Waals surface area contributed by atoms with Crippen LogP contribution >= 0.6 is 11.8 Å². The van der Waals surface area contributed by atoms with Crippen LogP contribution in [0.4, 0.5) is 0 Å². The van der Waals surface area contributed by atoms with Crippen LogP contribution in [-0.2, 0) is 0 Å². The van der Waals surface area contributed by atoms with Gasteiger partial charge in [-0.3, -0.25) is 4.90 Å². The van der Waals surface area contributed by atoms with Crippen molar-refractivity contribution in [2.75, 3.05) is 18.8 Å². The minimum absolute atomic E-state index is 0.739. The first-order chi connectivity index (χ1) is 8.79. The summed E-state index contributed by atoms with van der Waals surface area (Å²) in [6.45, 7) is 7.26. The van der Waals surface area contributed by atoms with Gasteiger partial charge in [0.2, 0.25) is 0 Å². The Morgan fingerprint density at radius 1 is 1.22 bits per heavy atom. The van der Waals surface area contributed by atoms with E-state index in [1.807, 2.05) is 0 Å². The Hall–Kier alpha value is 0.270. The molecule has 18 heavy (non-hydrogen) atoms. The Bertz CT molecular complexity index is 280. The van der Waals surface area contributed by atoms with Crippen LogP contribution in [0.1, 0.15) is 46.0 Å². The van der Waals surface area contributed by atoms with Crippen LogP contribution in [0, 0.1) is 5.92 Å². The van der Waals surface area contributed by atoms with E-state index in [0.29, 0.717) is 0 Å². The SMILES string of the molecule is CCSC1CCCC1N1CC(C2CC2)NCC1C. The average Bonchev–Trinajstić information content (AvgIpc) is 3.12. The molecule has 0 bridgehead atoms. The van der Waals surface area contributed by atoms with Crippen molar-refractivity contribution in [3.63, 3.8) is 0 Å². The maximum atomic E-state index is 3.78. The molecule has 1 heterocycles. The lowest BCUT2D eigenvalue weighted by Crippen LogP contribution is -2.60. The third-order valence-corrected chi connectivity index (χ3v) is 6.38. The molecule has 0 aromatic heterocycles. The molecule has 1 aliphatic heterocycles. The summed E-state index contributed by atoms with van der Waals surface area (Å²) >= 11 is 2.21. The highest BCUT2D eigenvalue weighted by molar-refractivity contribution is 7.99. The molecular formula is C15H28N2S. The molecule has 4 unspecified atom stereocenters. The zero-order valence-electron chi connectivity index (χ0n) is 11.9. The van der Waals surface area contributed by atoms with Crippen LogP contribution in [-0.4, -0.2) is 47.1 Å². The van der Waals surface area contributed by atoms with Gasteiger partial charge in [0.05, 0.1) is 0 Å². The van der Waals surface area contributed by atoms with Crippen molar-refractivity contribution in [1.29, 1.82) is 0 Å². The molecule has 0 amide bonds. The number of rotatable bonds is 4. The summed E-state index contributed by atoms with van der Waals surface area (Å²) in [5.74, 6) is 2.28. The zero-order chi connectivity index (χ0) is 12.5. The molecule has 2 saturated carbocycles. The van der Waals surface area contributed by atoms with E-state index in [9.17, 15) is 0 Å². The monoisotopic (exact) mass is 268 g/mol. The second-order valence-corrected chi connectivity index (χ2v) is 7.91. The van der Waals surface area contributed by atoms with Gasteiger partial charge < -0.3 is 5.32 Å². The van der Waals surface area contributed by atoms with Gasteiger partial charge in [0.15, 0.2) is 0 Å². The highest BCUT2D eigenvalue weighted by atomic mass is 32.2. The number of thioether (sulfide) groups is 1. The van der Waals surface area contributed by atoms with Crippen LogP contribution in [0.2, 0.25) is 0 Å². The number of nitrogens with one attached hydrogen (secondary N) is 1. The van der Waals surface area contributed by atoms with E-state index in [-0.39, 0.29) is 0 Å². The van der Waals surface area contributed by atoms with Crippen LogP contribution < -0.4 is 5.32 Å². The van der Waals surface area contributed by atoms with Gasteiger partial charge in [0.25, 0.3) is 0 Å². The van der Waals surface area contributed by atoms with E-state index in [1.165, 1.54) is 50.9 Å². The van der Waals surface area contributed by atoms with Gasteiger partial charge in [-0.05, 0) is 44.3 Å². The molecule has 2 nitrogen and oxygen atoms in total. The Morgan fingerprint density at radius 2 is 2.06 bits per heavy atom. The lowest BCUT2D eigenvalue weighted by Gasteiger charge is -2.44. The maximum absolute atomic E-state index is 3.78. The number of hydrogen-bond donors (Lipinski definition) is 1. The third kappa shape index (κ3) is 2.73. The molecule has 1 saturated heterocycles. The largest absolute Gasteiger partial charge is 0.311 e. The molecule has 3 heteroatoms. The van der Waals surface area contributed by atoms with Crippen molar-refractivity contribution in [2.45, 2.75) is 69.3 Å². The van der Waals surface area contributed by atoms with E-state index in [0.717, 1.165) is 29.3 Å². The highest BCUT2D eigenvalue weighted by Crippen LogP contribution is 2.38. The fourth-order valence-corrected chi connectivity index (χ4v) is 5.16. The molecule has 0 radical (unpaired) electrons. The lowest BCUT2D eigenvalue weighted by molar-refractivity contribution is 0.0894. The summed E-state index contributed by atoms with van der Waals surface area (Å²) in [4.78, 5) is 2.86. The topological polar surface area (TPSA) is 15.3 Å². The molecule has 1 N–H and O–H groups in total. The fourth-order valence-electron chi connectivity index (χ4n) is 3.88. The minimum Gasteiger partial charge on any atom is -0.311 e. The van der Waals surface area contributed by atoms with E-state index < -0.39 is 0 Å². The van der Waals surface area contributed by atoms with Gasteiger partial charge in [0.1, 0.15) is 0 Å². The predicted octanol–water partition coefficient (Wildman–Crippen LogP) is 2.73. The Labute approximate surface area is 116 Å². The van der Waals surface area contributed by atoms with Crippen LogP contribution in [0.3, 0.4) is 0 Å². The molecule has 2 aliphatic carbocycles. The van der Waals surface area contributed by atoms with Gasteiger partial charge in [-0.1, -0.05) is 13.3 Å². The molecule has 3 fully saturated rings. The predicted molar refractivity (Wildman–Crippen MR) is 80.2 cm³/mol. The second-order valence-electron chi connectivity index (χ2n) is 6.39. The standard InChI is InChI=1S/C15H28N2S/c1-3-18-15-6-4-5-14(15)17-10-13(12-7-8-12)16-9-11(17)2/h11-16H,3-10H2,1-2H3. The summed E-state index contributed by atoms with van der Waals surface area (Å²) in [6.07, 6.45) is 7.29. The molecule has 3 aliphatic rings. The molecule has 0 spiro atoms. The summed E-state index contributed by atoms with van der Waals surface area (Å²) < 4.78 is 0. The Morgan fingerprint density at radius 3 is 2.78 bits per heavy atom. The highest BCUT2D eigenvalue weighted by Gasteiger charge is 2.41. The van der Waals surface area contributed by atoms with E-state index >= 15 is 0 Å². The molecule has 0 aromatic rings. The third-order valence-electron chi connectivity index (χ3n) is 5.06. The van der Waals surface area contributed by atoms with Crippen molar-refractivity contribution < 1.29 is 0 Å². The van der Waals surface area contributed by atoms with Crippen LogP contribution in [0.15, 0.2) is 0 Å². The minimum atomic E-state index is 0.739. The van der Waals surface area contributed by atoms with Gasteiger partial charge in [0, 0.05) is 36.5 Å². The van der Waals surface area contributed by atoms with Crippen LogP contribution in [0.25, 0.3) is 0 Å². The molecule has 4 atom stereocenters. The second kappa shape index (κ2) is 5.72. The first kappa shape index (κ1) is 13.3. The summed E-state index contributed by atoms with van der Waals surface area (Å²) in [5, 5.41) is 4.70. The molecular weight excluding hydrogens is 240 g/mol. The smallest absolute Gasteiger partial charge is 0.0224 e. The normalized spacial score (nSPS) is 42.3. The molecule has 104 valence electrons. The summed E-state index contributed by atoms with van der Waals surface area (Å²) in [6, 6.07) is 2.41. The number of hydrogen-bond acceptors (Lipinski definition) is 3. The van der Waals surface area contributed by atoms with Crippen molar-refractivity contribution in [2.24, 2.45) is 5.92 Å². The van der Waals surface area contributed by atoms with E-state index in [1.54, 1.807) is 0 Å². The van der Waals surface area contributed by atoms with Gasteiger partial charge in [-0.2, -0.15) is 11.8 Å². The lowest BCUT2D eigenvalue weighted by atomic mass is 10.0. The number of piperazine rings is 1. The fraction of sp³-hybridized carbons (Fsp3) is 1.00. The maximum Gasteiger partial charge on any atom is 0.0224 e. The summed E-state index contributed by atoms with van der Waals surface area (Å²) in [7, 11) is 0. The van der Waals surface area contributed by atoms with Crippen LogP contribution in [0.5, 0.6) is 0 Å². The van der Waals surface area contributed by atoms with Crippen molar-refractivity contribution in [3.05, 3.63) is 0 Å². The first-order valence-electron chi connectivity index (χ1n) is 7.90. The Balaban J connectivity index is 1.64. The first-order valence-corrected chi connectivity index (χ1v) is 8.95. The van der Waals surface area contributed by atoms with Gasteiger partial charge in [-0.25, -0.2) is 0 Å². The average molecular weight is 268 g/mol. The Kier molecular flexibility index (Phi) is 4.21. The van der Waals surface area contributed by atoms with E-state index in [4.69, 9.17) is 0 Å². The van der Waals surface area contributed by atoms with E-state index in [2.05, 4.69) is 35.8 Å². The molecule has 0 aromatic carbocycles. The zero-order valence-corrected chi connectivity index (χ0v) is 12.7. The molecule has 3 rings (SSSR count). The van der Waals surface area contributed by atoms with Gasteiger partial charge >= 0.3 is 0 Å². The van der Waals surface area contributed by atoms with Crippen molar-refractivity contribution >= 4 is 11.8 Å². The summed E-state index contributed by atoms with van der Waals surface area (Å²) in [5.41, 5.74) is 0.